The van der Waals surface area contributed by atoms with Gasteiger partial charge in [0.1, 0.15) is 5.82 Å². The first-order chi connectivity index (χ1) is 10.3. The molecular formula is C17H12FN3. The van der Waals surface area contributed by atoms with Gasteiger partial charge in [-0.05, 0) is 35.7 Å². The van der Waals surface area contributed by atoms with Gasteiger partial charge in [0.25, 0.3) is 0 Å². The maximum absolute atomic E-state index is 12.8. The van der Waals surface area contributed by atoms with Gasteiger partial charge in [-0.2, -0.15) is 0 Å². The van der Waals surface area contributed by atoms with Gasteiger partial charge in [0.2, 0.25) is 0 Å². The van der Waals surface area contributed by atoms with Crippen LogP contribution in [0.4, 0.5) is 4.39 Å². The minimum absolute atomic E-state index is 0.269. The predicted octanol–water partition coefficient (Wildman–Crippen LogP) is 2.87. The molecule has 0 amide bonds. The summed E-state index contributed by atoms with van der Waals surface area (Å²) < 4.78 is 14.5. The number of benzene rings is 2. The van der Waals surface area contributed by atoms with E-state index >= 15 is 0 Å². The van der Waals surface area contributed by atoms with Crippen molar-refractivity contribution >= 4 is 0 Å². The van der Waals surface area contributed by atoms with Gasteiger partial charge in [0.05, 0.1) is 12.7 Å². The van der Waals surface area contributed by atoms with Crippen molar-refractivity contribution in [2.24, 2.45) is 0 Å². The van der Waals surface area contributed by atoms with E-state index in [1.165, 1.54) is 12.1 Å². The molecule has 0 atom stereocenters. The van der Waals surface area contributed by atoms with E-state index in [0.29, 0.717) is 12.2 Å². The zero-order valence-corrected chi connectivity index (χ0v) is 11.2. The SMILES string of the molecule is Fc1ccc(C#Cc2cn(Cc3ccccc3)nn2)cc1. The van der Waals surface area contributed by atoms with Crippen LogP contribution in [0.2, 0.25) is 0 Å². The Balaban J connectivity index is 1.72. The maximum atomic E-state index is 12.8. The molecule has 102 valence electrons. The topological polar surface area (TPSA) is 30.7 Å². The van der Waals surface area contributed by atoms with Crippen molar-refractivity contribution in [3.8, 4) is 11.8 Å². The number of aromatic nitrogens is 3. The van der Waals surface area contributed by atoms with E-state index in [9.17, 15) is 4.39 Å². The van der Waals surface area contributed by atoms with Crippen LogP contribution in [-0.2, 0) is 6.54 Å². The van der Waals surface area contributed by atoms with Crippen LogP contribution in [0.15, 0.2) is 60.8 Å². The molecule has 0 aliphatic carbocycles. The fraction of sp³-hybridized carbons (Fsp3) is 0.0588. The van der Waals surface area contributed by atoms with Gasteiger partial charge < -0.3 is 0 Å². The molecule has 0 aliphatic rings. The van der Waals surface area contributed by atoms with E-state index < -0.39 is 0 Å². The van der Waals surface area contributed by atoms with Crippen LogP contribution in [0, 0.1) is 17.7 Å². The van der Waals surface area contributed by atoms with Crippen LogP contribution in [-0.4, -0.2) is 15.0 Å². The van der Waals surface area contributed by atoms with Crippen molar-refractivity contribution in [3.63, 3.8) is 0 Å². The Morgan fingerprint density at radius 2 is 1.71 bits per heavy atom. The molecule has 0 bridgehead atoms. The quantitative estimate of drug-likeness (QED) is 0.674. The molecule has 3 nitrogen and oxygen atoms in total. The molecule has 1 heterocycles. The van der Waals surface area contributed by atoms with Crippen LogP contribution in [0.5, 0.6) is 0 Å². The summed E-state index contributed by atoms with van der Waals surface area (Å²) in [5, 5.41) is 8.05. The third-order valence-corrected chi connectivity index (χ3v) is 2.91. The fourth-order valence-corrected chi connectivity index (χ4v) is 1.87. The van der Waals surface area contributed by atoms with E-state index in [1.54, 1.807) is 23.0 Å². The molecule has 3 rings (SSSR count). The second-order valence-electron chi connectivity index (χ2n) is 4.54. The number of halogens is 1. The van der Waals surface area contributed by atoms with E-state index in [2.05, 4.69) is 22.2 Å². The smallest absolute Gasteiger partial charge is 0.155 e. The Bertz CT molecular complexity index is 780. The zero-order valence-electron chi connectivity index (χ0n) is 11.2. The first-order valence-electron chi connectivity index (χ1n) is 6.51. The van der Waals surface area contributed by atoms with Gasteiger partial charge in [0.15, 0.2) is 5.69 Å². The number of nitrogens with zero attached hydrogens (tertiary/aromatic N) is 3. The molecular weight excluding hydrogens is 265 g/mol. The van der Waals surface area contributed by atoms with Gasteiger partial charge in [0, 0.05) is 5.56 Å². The number of hydrogen-bond acceptors (Lipinski definition) is 2. The third kappa shape index (κ3) is 3.54. The number of rotatable bonds is 2. The summed E-state index contributed by atoms with van der Waals surface area (Å²) in [6.45, 7) is 0.659. The Morgan fingerprint density at radius 1 is 0.952 bits per heavy atom. The Kier molecular flexibility index (Phi) is 3.74. The lowest BCUT2D eigenvalue weighted by molar-refractivity contribution is 0.627. The normalized spacial score (nSPS) is 9.95. The summed E-state index contributed by atoms with van der Waals surface area (Å²) in [6.07, 6.45) is 1.80. The summed E-state index contributed by atoms with van der Waals surface area (Å²) in [5.74, 6) is 5.58. The predicted molar refractivity (Wildman–Crippen MR) is 77.9 cm³/mol. The highest BCUT2D eigenvalue weighted by Gasteiger charge is 1.98. The lowest BCUT2D eigenvalue weighted by atomic mass is 10.2. The molecule has 3 aromatic rings. The number of hydrogen-bond donors (Lipinski definition) is 0. The molecule has 1 aromatic heterocycles. The van der Waals surface area contributed by atoms with Gasteiger partial charge in [-0.25, -0.2) is 9.07 Å². The minimum Gasteiger partial charge on any atom is -0.247 e. The van der Waals surface area contributed by atoms with E-state index in [4.69, 9.17) is 0 Å². The summed E-state index contributed by atoms with van der Waals surface area (Å²) in [5.41, 5.74) is 2.49. The maximum Gasteiger partial charge on any atom is 0.155 e. The van der Waals surface area contributed by atoms with E-state index in [-0.39, 0.29) is 5.82 Å². The largest absolute Gasteiger partial charge is 0.247 e. The molecule has 21 heavy (non-hydrogen) atoms. The summed E-state index contributed by atoms with van der Waals surface area (Å²) >= 11 is 0. The van der Waals surface area contributed by atoms with Crippen molar-refractivity contribution in [3.05, 3.63) is 83.4 Å². The molecule has 4 heteroatoms. The van der Waals surface area contributed by atoms with Crippen molar-refractivity contribution in [2.75, 3.05) is 0 Å². The first-order valence-corrected chi connectivity index (χ1v) is 6.51. The average Bonchev–Trinajstić information content (AvgIpc) is 2.95. The second kappa shape index (κ2) is 6.02. The van der Waals surface area contributed by atoms with Crippen LogP contribution in [0.1, 0.15) is 16.8 Å². The van der Waals surface area contributed by atoms with Crippen molar-refractivity contribution < 1.29 is 4.39 Å². The Hall–Kier alpha value is -2.93. The Labute approximate surface area is 122 Å². The molecule has 0 N–H and O–H groups in total. The van der Waals surface area contributed by atoms with Crippen molar-refractivity contribution in [1.82, 2.24) is 15.0 Å². The van der Waals surface area contributed by atoms with E-state index in [1.807, 2.05) is 30.3 Å². The van der Waals surface area contributed by atoms with Crippen molar-refractivity contribution in [2.45, 2.75) is 6.54 Å². The molecule has 0 fully saturated rings. The lowest BCUT2D eigenvalue weighted by Crippen LogP contribution is -1.99. The Morgan fingerprint density at radius 3 is 2.48 bits per heavy atom. The highest BCUT2D eigenvalue weighted by atomic mass is 19.1. The highest BCUT2D eigenvalue weighted by molar-refractivity contribution is 5.39. The van der Waals surface area contributed by atoms with Gasteiger partial charge in [-0.3, -0.25) is 0 Å². The molecule has 0 unspecified atom stereocenters. The summed E-state index contributed by atoms with van der Waals surface area (Å²) in [7, 11) is 0. The molecule has 0 spiro atoms. The van der Waals surface area contributed by atoms with Crippen LogP contribution < -0.4 is 0 Å². The standard InChI is InChI=1S/C17H12FN3/c18-16-9-6-14(7-10-16)8-11-17-13-21(20-19-17)12-15-4-2-1-3-5-15/h1-7,9-10,13H,12H2. The summed E-state index contributed by atoms with van der Waals surface area (Å²) in [6, 6.07) is 16.1. The molecule has 0 saturated heterocycles. The lowest BCUT2D eigenvalue weighted by Gasteiger charge is -1.98. The molecule has 2 aromatic carbocycles. The fourth-order valence-electron chi connectivity index (χ4n) is 1.87. The van der Waals surface area contributed by atoms with Gasteiger partial charge >= 0.3 is 0 Å². The molecule has 0 radical (unpaired) electrons. The van der Waals surface area contributed by atoms with Gasteiger partial charge in [-0.15, -0.1) is 5.10 Å². The van der Waals surface area contributed by atoms with Crippen molar-refractivity contribution in [1.29, 1.82) is 0 Å². The van der Waals surface area contributed by atoms with Gasteiger partial charge in [-0.1, -0.05) is 41.5 Å². The van der Waals surface area contributed by atoms with Crippen LogP contribution in [0.3, 0.4) is 0 Å². The van der Waals surface area contributed by atoms with E-state index in [0.717, 1.165) is 11.1 Å². The molecule has 0 saturated carbocycles. The minimum atomic E-state index is -0.269. The monoisotopic (exact) mass is 277 g/mol. The zero-order chi connectivity index (χ0) is 14.5. The highest BCUT2D eigenvalue weighted by Crippen LogP contribution is 2.03. The third-order valence-electron chi connectivity index (χ3n) is 2.91. The summed E-state index contributed by atoms with van der Waals surface area (Å²) in [4.78, 5) is 0. The second-order valence-corrected chi connectivity index (χ2v) is 4.54. The molecule has 0 aliphatic heterocycles. The van der Waals surface area contributed by atoms with Crippen LogP contribution >= 0.6 is 0 Å². The van der Waals surface area contributed by atoms with Crippen LogP contribution in [0.25, 0.3) is 0 Å². The first kappa shape index (κ1) is 13.1. The average molecular weight is 277 g/mol.